The summed E-state index contributed by atoms with van der Waals surface area (Å²) in [5, 5.41) is 3.13. The van der Waals surface area contributed by atoms with Gasteiger partial charge in [-0.2, -0.15) is 0 Å². The molecule has 1 aliphatic rings. The van der Waals surface area contributed by atoms with Gasteiger partial charge in [-0.25, -0.2) is 4.79 Å². The van der Waals surface area contributed by atoms with Gasteiger partial charge in [0.15, 0.2) is 6.23 Å². The third kappa shape index (κ3) is 13.1. The summed E-state index contributed by atoms with van der Waals surface area (Å²) in [6.07, 6.45) is 18.4. The molecular weight excluding hydrogens is 314 g/mol. The summed E-state index contributed by atoms with van der Waals surface area (Å²) >= 11 is 0. The van der Waals surface area contributed by atoms with Crippen molar-refractivity contribution in [3.8, 4) is 0 Å². The molecule has 0 aliphatic carbocycles. The van der Waals surface area contributed by atoms with Gasteiger partial charge in [-0.05, 0) is 39.2 Å². The monoisotopic (exact) mass is 355 g/mol. The second kappa shape index (κ2) is 15.5. The number of carbonyl (C=O) groups excluding carboxylic acids is 1. The number of ether oxygens (including phenoxy) is 2. The number of carbonyl (C=O) groups is 1. The van der Waals surface area contributed by atoms with Crippen molar-refractivity contribution < 1.29 is 14.3 Å². The molecule has 4 nitrogen and oxygen atoms in total. The molecule has 1 saturated heterocycles. The van der Waals surface area contributed by atoms with Gasteiger partial charge in [0.1, 0.15) is 6.10 Å². The van der Waals surface area contributed by atoms with Crippen LogP contribution >= 0.6 is 0 Å². The van der Waals surface area contributed by atoms with Crippen molar-refractivity contribution in [2.45, 2.75) is 122 Å². The fourth-order valence-electron chi connectivity index (χ4n) is 3.39. The molecule has 4 heteroatoms. The predicted octanol–water partition coefficient (Wildman–Crippen LogP) is 6.33. The molecule has 0 bridgehead atoms. The fraction of sp³-hybridized carbons (Fsp3) is 0.952. The zero-order valence-corrected chi connectivity index (χ0v) is 16.7. The molecule has 0 aromatic rings. The van der Waals surface area contributed by atoms with E-state index in [4.69, 9.17) is 9.47 Å². The van der Waals surface area contributed by atoms with E-state index in [1.54, 1.807) is 0 Å². The second-order valence-corrected chi connectivity index (χ2v) is 7.56. The van der Waals surface area contributed by atoms with Gasteiger partial charge < -0.3 is 9.47 Å². The average molecular weight is 356 g/mol. The second-order valence-electron chi connectivity index (χ2n) is 7.56. The van der Waals surface area contributed by atoms with Crippen LogP contribution in [0.5, 0.6) is 0 Å². The van der Waals surface area contributed by atoms with Crippen LogP contribution < -0.4 is 5.32 Å². The molecule has 148 valence electrons. The van der Waals surface area contributed by atoms with Crippen LogP contribution in [0.3, 0.4) is 0 Å². The maximum atomic E-state index is 11.6. The summed E-state index contributed by atoms with van der Waals surface area (Å²) in [6, 6.07) is 0. The van der Waals surface area contributed by atoms with Gasteiger partial charge in [0.05, 0.1) is 0 Å². The predicted molar refractivity (Wildman–Crippen MR) is 104 cm³/mol. The van der Waals surface area contributed by atoms with Crippen LogP contribution in [0.25, 0.3) is 0 Å². The molecule has 0 spiro atoms. The molecule has 2 atom stereocenters. The standard InChI is InChI=1S/C21H41NO3/c1-3-4-5-6-7-8-9-10-11-12-13-14-16-19(2)24-21(23)25-20-17-15-18-22-20/h19-20,22H,3-18H2,1-2H3. The van der Waals surface area contributed by atoms with E-state index in [1.165, 1.54) is 70.6 Å². The van der Waals surface area contributed by atoms with E-state index in [9.17, 15) is 4.79 Å². The maximum absolute atomic E-state index is 11.6. The summed E-state index contributed by atoms with van der Waals surface area (Å²) in [7, 11) is 0. The Morgan fingerprint density at radius 3 is 2.04 bits per heavy atom. The van der Waals surface area contributed by atoms with Crippen molar-refractivity contribution in [1.82, 2.24) is 5.32 Å². The number of hydrogen-bond acceptors (Lipinski definition) is 4. The van der Waals surface area contributed by atoms with Crippen LogP contribution in [0.15, 0.2) is 0 Å². The SMILES string of the molecule is CCCCCCCCCCCCCCC(C)OC(=O)OC1CCCN1. The summed E-state index contributed by atoms with van der Waals surface area (Å²) in [5.41, 5.74) is 0. The average Bonchev–Trinajstić information content (AvgIpc) is 3.08. The Morgan fingerprint density at radius 1 is 0.960 bits per heavy atom. The minimum Gasteiger partial charge on any atom is -0.431 e. The van der Waals surface area contributed by atoms with Crippen molar-refractivity contribution in [1.29, 1.82) is 0 Å². The van der Waals surface area contributed by atoms with Crippen LogP contribution in [0.1, 0.15) is 110 Å². The number of unbranched alkanes of at least 4 members (excludes halogenated alkanes) is 11. The van der Waals surface area contributed by atoms with Gasteiger partial charge in [0.2, 0.25) is 0 Å². The Morgan fingerprint density at radius 2 is 1.52 bits per heavy atom. The largest absolute Gasteiger partial charge is 0.510 e. The first-order valence-corrected chi connectivity index (χ1v) is 10.8. The Labute approximate surface area is 155 Å². The first-order valence-electron chi connectivity index (χ1n) is 10.8. The van der Waals surface area contributed by atoms with Crippen molar-refractivity contribution in [3.63, 3.8) is 0 Å². The van der Waals surface area contributed by atoms with E-state index in [0.29, 0.717) is 0 Å². The van der Waals surface area contributed by atoms with Gasteiger partial charge in [0.25, 0.3) is 0 Å². The zero-order valence-electron chi connectivity index (χ0n) is 16.7. The van der Waals surface area contributed by atoms with Crippen molar-refractivity contribution in [2.75, 3.05) is 6.54 Å². The highest BCUT2D eigenvalue weighted by molar-refractivity contribution is 5.60. The van der Waals surface area contributed by atoms with Crippen LogP contribution in [0, 0.1) is 0 Å². The zero-order chi connectivity index (χ0) is 18.2. The van der Waals surface area contributed by atoms with Crippen LogP contribution in [-0.4, -0.2) is 25.0 Å². The van der Waals surface area contributed by atoms with Crippen LogP contribution in [0.4, 0.5) is 4.79 Å². The molecule has 2 unspecified atom stereocenters. The lowest BCUT2D eigenvalue weighted by Gasteiger charge is -2.16. The summed E-state index contributed by atoms with van der Waals surface area (Å²) in [5.74, 6) is 0. The van der Waals surface area contributed by atoms with E-state index in [2.05, 4.69) is 12.2 Å². The third-order valence-corrected chi connectivity index (χ3v) is 5.02. The van der Waals surface area contributed by atoms with Crippen molar-refractivity contribution >= 4 is 6.16 Å². The summed E-state index contributed by atoms with van der Waals surface area (Å²) in [6.45, 7) is 5.15. The van der Waals surface area contributed by atoms with Gasteiger partial charge in [-0.15, -0.1) is 0 Å². The molecule has 0 amide bonds. The number of hydrogen-bond donors (Lipinski definition) is 1. The fourth-order valence-corrected chi connectivity index (χ4v) is 3.39. The lowest BCUT2D eigenvalue weighted by atomic mass is 10.0. The first kappa shape index (κ1) is 22.3. The van der Waals surface area contributed by atoms with E-state index in [-0.39, 0.29) is 12.3 Å². The molecule has 1 N–H and O–H groups in total. The van der Waals surface area contributed by atoms with Crippen LogP contribution in [-0.2, 0) is 9.47 Å². The van der Waals surface area contributed by atoms with E-state index in [1.807, 2.05) is 6.92 Å². The highest BCUT2D eigenvalue weighted by atomic mass is 16.7. The molecule has 25 heavy (non-hydrogen) atoms. The topological polar surface area (TPSA) is 47.6 Å². The van der Waals surface area contributed by atoms with Crippen molar-refractivity contribution in [2.24, 2.45) is 0 Å². The maximum Gasteiger partial charge on any atom is 0.510 e. The summed E-state index contributed by atoms with van der Waals surface area (Å²) in [4.78, 5) is 11.6. The van der Waals surface area contributed by atoms with Crippen LogP contribution in [0.2, 0.25) is 0 Å². The molecule has 0 aromatic carbocycles. The minimum atomic E-state index is -0.522. The Kier molecular flexibility index (Phi) is 13.8. The Hall–Kier alpha value is -0.770. The molecule has 1 rings (SSSR count). The number of nitrogens with one attached hydrogen (secondary N) is 1. The lowest BCUT2D eigenvalue weighted by Crippen LogP contribution is -2.29. The van der Waals surface area contributed by atoms with Gasteiger partial charge in [-0.1, -0.05) is 77.6 Å². The molecule has 0 aromatic heterocycles. The molecule has 1 heterocycles. The minimum absolute atomic E-state index is 0.0444. The van der Waals surface area contributed by atoms with E-state index < -0.39 is 6.16 Å². The molecule has 1 fully saturated rings. The highest BCUT2D eigenvalue weighted by Gasteiger charge is 2.20. The highest BCUT2D eigenvalue weighted by Crippen LogP contribution is 2.14. The molecule has 0 saturated carbocycles. The Bertz CT molecular complexity index is 316. The quantitative estimate of drug-likeness (QED) is 0.275. The van der Waals surface area contributed by atoms with Gasteiger partial charge >= 0.3 is 6.16 Å². The lowest BCUT2D eigenvalue weighted by molar-refractivity contribution is -0.00330. The van der Waals surface area contributed by atoms with Crippen molar-refractivity contribution in [3.05, 3.63) is 0 Å². The Balaban J connectivity index is 1.81. The number of rotatable bonds is 15. The first-order chi connectivity index (χ1) is 12.2. The normalized spacial score (nSPS) is 18.2. The summed E-state index contributed by atoms with van der Waals surface area (Å²) < 4.78 is 10.5. The molecular formula is C21H41NO3. The smallest absolute Gasteiger partial charge is 0.431 e. The molecule has 0 radical (unpaired) electrons. The molecule has 1 aliphatic heterocycles. The van der Waals surface area contributed by atoms with E-state index in [0.717, 1.165) is 32.2 Å². The van der Waals surface area contributed by atoms with Gasteiger partial charge in [0, 0.05) is 0 Å². The van der Waals surface area contributed by atoms with Gasteiger partial charge in [-0.3, -0.25) is 5.32 Å². The van der Waals surface area contributed by atoms with E-state index >= 15 is 0 Å². The third-order valence-electron chi connectivity index (χ3n) is 5.02.